The van der Waals surface area contributed by atoms with Gasteiger partial charge in [0.1, 0.15) is 4.90 Å². The van der Waals surface area contributed by atoms with Crippen molar-refractivity contribution < 1.29 is 22.3 Å². The van der Waals surface area contributed by atoms with Crippen LogP contribution in [0.5, 0.6) is 0 Å². The van der Waals surface area contributed by atoms with Crippen LogP contribution in [0, 0.1) is 11.6 Å². The highest BCUT2D eigenvalue weighted by Crippen LogP contribution is 2.30. The molecule has 0 amide bonds. The molecule has 0 saturated heterocycles. The Morgan fingerprint density at radius 3 is 2.43 bits per heavy atom. The number of hydrogen-bond acceptors (Lipinski definition) is 3. The van der Waals surface area contributed by atoms with Crippen molar-refractivity contribution in [3.63, 3.8) is 0 Å². The molecule has 0 spiro atoms. The quantitative estimate of drug-likeness (QED) is 0.896. The maximum Gasteiger partial charge on any atom is 0.244 e. The molecule has 7 heteroatoms. The zero-order valence-electron chi connectivity index (χ0n) is 11.8. The molecule has 0 bridgehead atoms. The lowest BCUT2D eigenvalue weighted by Crippen LogP contribution is -2.47. The zero-order valence-corrected chi connectivity index (χ0v) is 12.6. The maximum atomic E-state index is 13.8. The number of aliphatic hydroxyl groups is 1. The smallest absolute Gasteiger partial charge is 0.244 e. The van der Waals surface area contributed by atoms with E-state index in [-0.39, 0.29) is 5.56 Å². The molecule has 1 aliphatic rings. The van der Waals surface area contributed by atoms with E-state index in [1.54, 1.807) is 6.92 Å². The fraction of sp³-hybridized carbons (Fsp3) is 0.571. The van der Waals surface area contributed by atoms with Crippen LogP contribution in [-0.2, 0) is 16.6 Å². The van der Waals surface area contributed by atoms with Crippen LogP contribution in [0.4, 0.5) is 8.78 Å². The van der Waals surface area contributed by atoms with E-state index < -0.39 is 38.7 Å². The number of hydrogen-bond donors (Lipinski definition) is 2. The first-order chi connectivity index (χ1) is 9.77. The molecule has 4 nitrogen and oxygen atoms in total. The second-order valence-electron chi connectivity index (χ2n) is 5.77. The Morgan fingerprint density at radius 2 is 1.86 bits per heavy atom. The van der Waals surface area contributed by atoms with Gasteiger partial charge in [-0.15, -0.1) is 0 Å². The minimum Gasteiger partial charge on any atom is -0.392 e. The van der Waals surface area contributed by atoms with Gasteiger partial charge in [-0.1, -0.05) is 19.3 Å². The highest BCUT2D eigenvalue weighted by Gasteiger charge is 2.34. The molecule has 2 rings (SSSR count). The van der Waals surface area contributed by atoms with Gasteiger partial charge in [-0.25, -0.2) is 21.9 Å². The molecule has 1 fully saturated rings. The van der Waals surface area contributed by atoms with Crippen LogP contribution in [-0.4, -0.2) is 19.1 Å². The van der Waals surface area contributed by atoms with Crippen LogP contribution >= 0.6 is 0 Å². The molecule has 0 unspecified atom stereocenters. The normalized spacial score (nSPS) is 18.7. The number of halogens is 2. The standard InChI is InChI=1S/C14H19F2NO3S/c1-14(5-3-2-4-6-14)17-21(19,20)12-8-10(9-18)7-11(15)13(12)16/h7-8,17-18H,2-6,9H2,1H3. The summed E-state index contributed by atoms with van der Waals surface area (Å²) in [5, 5.41) is 9.01. The van der Waals surface area contributed by atoms with E-state index in [1.807, 2.05) is 0 Å². The van der Waals surface area contributed by atoms with E-state index in [9.17, 15) is 17.2 Å². The Balaban J connectivity index is 2.37. The van der Waals surface area contributed by atoms with Gasteiger partial charge in [0, 0.05) is 5.54 Å². The Labute approximate surface area is 123 Å². The molecule has 118 valence electrons. The Hall–Kier alpha value is -1.05. The molecule has 1 aromatic carbocycles. The first kappa shape index (κ1) is 16.3. The number of benzene rings is 1. The fourth-order valence-electron chi connectivity index (χ4n) is 2.72. The third-order valence-corrected chi connectivity index (χ3v) is 5.50. The Kier molecular flexibility index (Phi) is 4.65. The lowest BCUT2D eigenvalue weighted by atomic mass is 9.84. The van der Waals surface area contributed by atoms with Gasteiger partial charge in [0.25, 0.3) is 0 Å². The SMILES string of the molecule is CC1(NS(=O)(=O)c2cc(CO)cc(F)c2F)CCCCC1. The minimum absolute atomic E-state index is 0.0167. The monoisotopic (exact) mass is 319 g/mol. The largest absolute Gasteiger partial charge is 0.392 e. The highest BCUT2D eigenvalue weighted by atomic mass is 32.2. The van der Waals surface area contributed by atoms with E-state index in [0.717, 1.165) is 31.4 Å². The third kappa shape index (κ3) is 3.59. The van der Waals surface area contributed by atoms with Crippen molar-refractivity contribution in [1.29, 1.82) is 0 Å². The lowest BCUT2D eigenvalue weighted by Gasteiger charge is -2.34. The van der Waals surface area contributed by atoms with E-state index in [4.69, 9.17) is 5.11 Å². The third-order valence-electron chi connectivity index (χ3n) is 3.86. The number of rotatable bonds is 4. The van der Waals surface area contributed by atoms with E-state index >= 15 is 0 Å². The fourth-order valence-corrected chi connectivity index (χ4v) is 4.32. The zero-order chi connectivity index (χ0) is 15.7. The molecule has 0 heterocycles. The van der Waals surface area contributed by atoms with E-state index in [0.29, 0.717) is 12.8 Å². The molecule has 0 atom stereocenters. The van der Waals surface area contributed by atoms with Gasteiger partial charge in [0.2, 0.25) is 10.0 Å². The molecule has 0 radical (unpaired) electrons. The van der Waals surface area contributed by atoms with Crippen molar-refractivity contribution in [2.45, 2.75) is 56.1 Å². The number of nitrogens with one attached hydrogen (secondary N) is 1. The Morgan fingerprint density at radius 1 is 1.24 bits per heavy atom. The van der Waals surface area contributed by atoms with Gasteiger partial charge >= 0.3 is 0 Å². The topological polar surface area (TPSA) is 66.4 Å². The van der Waals surface area contributed by atoms with Crippen LogP contribution in [0.1, 0.15) is 44.6 Å². The molecule has 1 aromatic rings. The summed E-state index contributed by atoms with van der Waals surface area (Å²) >= 11 is 0. The van der Waals surface area contributed by atoms with Gasteiger partial charge in [0.05, 0.1) is 6.61 Å². The van der Waals surface area contributed by atoms with Crippen LogP contribution < -0.4 is 4.72 Å². The molecule has 1 saturated carbocycles. The summed E-state index contributed by atoms with van der Waals surface area (Å²) in [7, 11) is -4.18. The highest BCUT2D eigenvalue weighted by molar-refractivity contribution is 7.89. The Bertz CT molecular complexity index is 625. The predicted molar refractivity (Wildman–Crippen MR) is 74.1 cm³/mol. The summed E-state index contributed by atoms with van der Waals surface area (Å²) in [5.41, 5.74) is -0.627. The summed E-state index contributed by atoms with van der Waals surface area (Å²) in [6.45, 7) is 1.21. The van der Waals surface area contributed by atoms with E-state index in [2.05, 4.69) is 4.72 Å². The van der Waals surface area contributed by atoms with Crippen LogP contribution in [0.2, 0.25) is 0 Å². The predicted octanol–water partition coefficient (Wildman–Crippen LogP) is 2.46. The minimum atomic E-state index is -4.18. The van der Waals surface area contributed by atoms with Crippen molar-refractivity contribution in [3.8, 4) is 0 Å². The van der Waals surface area contributed by atoms with Gasteiger partial charge in [-0.05, 0) is 37.5 Å². The molecule has 21 heavy (non-hydrogen) atoms. The van der Waals surface area contributed by atoms with Gasteiger partial charge in [-0.3, -0.25) is 0 Å². The first-order valence-corrected chi connectivity index (χ1v) is 8.38. The van der Waals surface area contributed by atoms with Gasteiger partial charge < -0.3 is 5.11 Å². The lowest BCUT2D eigenvalue weighted by molar-refractivity contribution is 0.280. The second-order valence-corrected chi connectivity index (χ2v) is 7.43. The first-order valence-electron chi connectivity index (χ1n) is 6.90. The maximum absolute atomic E-state index is 13.8. The summed E-state index contributed by atoms with van der Waals surface area (Å²) < 4.78 is 54.5. The summed E-state index contributed by atoms with van der Waals surface area (Å²) in [4.78, 5) is -0.752. The van der Waals surface area contributed by atoms with Crippen LogP contribution in [0.3, 0.4) is 0 Å². The van der Waals surface area contributed by atoms with Crippen molar-refractivity contribution >= 4 is 10.0 Å². The summed E-state index contributed by atoms with van der Waals surface area (Å²) in [6, 6.07) is 1.75. The van der Waals surface area contributed by atoms with Crippen molar-refractivity contribution in [2.75, 3.05) is 0 Å². The average molecular weight is 319 g/mol. The average Bonchev–Trinajstić information content (AvgIpc) is 2.41. The van der Waals surface area contributed by atoms with E-state index in [1.165, 1.54) is 0 Å². The van der Waals surface area contributed by atoms with Crippen molar-refractivity contribution in [3.05, 3.63) is 29.3 Å². The summed E-state index contributed by atoms with van der Waals surface area (Å²) in [6.07, 6.45) is 4.16. The molecular formula is C14H19F2NO3S. The molecular weight excluding hydrogens is 300 g/mol. The van der Waals surface area contributed by atoms with Crippen molar-refractivity contribution in [2.24, 2.45) is 0 Å². The van der Waals surface area contributed by atoms with Gasteiger partial charge in [-0.2, -0.15) is 0 Å². The molecule has 2 N–H and O–H groups in total. The summed E-state index contributed by atoms with van der Waals surface area (Å²) in [5.74, 6) is -2.70. The van der Waals surface area contributed by atoms with Crippen LogP contribution in [0.25, 0.3) is 0 Å². The number of sulfonamides is 1. The molecule has 0 aromatic heterocycles. The van der Waals surface area contributed by atoms with Crippen LogP contribution in [0.15, 0.2) is 17.0 Å². The second kappa shape index (κ2) is 5.98. The number of aliphatic hydroxyl groups excluding tert-OH is 1. The molecule has 1 aliphatic carbocycles. The van der Waals surface area contributed by atoms with Gasteiger partial charge in [0.15, 0.2) is 11.6 Å². The molecule has 0 aliphatic heterocycles. The van der Waals surface area contributed by atoms with Crippen molar-refractivity contribution in [1.82, 2.24) is 4.72 Å².